The summed E-state index contributed by atoms with van der Waals surface area (Å²) in [5.41, 5.74) is 8.13. The van der Waals surface area contributed by atoms with Gasteiger partial charge in [0.05, 0.1) is 11.8 Å². The molecule has 1 fully saturated rings. The third kappa shape index (κ3) is 3.68. The lowest BCUT2D eigenvalue weighted by Gasteiger charge is -2.27. The zero-order valence-corrected chi connectivity index (χ0v) is 13.7. The molecule has 4 nitrogen and oxygen atoms in total. The predicted molar refractivity (Wildman–Crippen MR) is 91.0 cm³/mol. The van der Waals surface area contributed by atoms with Crippen LogP contribution in [-0.4, -0.2) is 11.8 Å². The molecule has 1 aliphatic carbocycles. The Morgan fingerprint density at radius 2 is 1.87 bits per heavy atom. The number of rotatable bonds is 2. The average Bonchev–Trinajstić information content (AvgIpc) is 2.56. The molecule has 1 saturated carbocycles. The molecular weight excluding hydrogens is 310 g/mol. The van der Waals surface area contributed by atoms with Gasteiger partial charge in [-0.1, -0.05) is 43.0 Å². The molecule has 3 rings (SSSR count). The van der Waals surface area contributed by atoms with Crippen LogP contribution in [0.2, 0.25) is 5.02 Å². The minimum Gasteiger partial charge on any atom is -0.470 e. The van der Waals surface area contributed by atoms with E-state index in [9.17, 15) is 5.26 Å². The minimum absolute atomic E-state index is 0.174. The maximum atomic E-state index is 9.39. The van der Waals surface area contributed by atoms with Crippen LogP contribution in [0.15, 0.2) is 40.7 Å². The SMILES string of the molecule is N#CC1=C(N)OC(c2ccc(Cl)cc2)CC1=NC1CCCCC1. The van der Waals surface area contributed by atoms with Gasteiger partial charge in [-0.25, -0.2) is 0 Å². The molecule has 23 heavy (non-hydrogen) atoms. The lowest BCUT2D eigenvalue weighted by atomic mass is 9.93. The van der Waals surface area contributed by atoms with Crippen molar-refractivity contribution in [2.75, 3.05) is 0 Å². The smallest absolute Gasteiger partial charge is 0.204 e. The lowest BCUT2D eigenvalue weighted by molar-refractivity contribution is 0.113. The van der Waals surface area contributed by atoms with Crippen molar-refractivity contribution in [3.05, 3.63) is 46.3 Å². The molecule has 2 N–H and O–H groups in total. The van der Waals surface area contributed by atoms with Gasteiger partial charge in [-0.2, -0.15) is 5.26 Å². The van der Waals surface area contributed by atoms with Crippen molar-refractivity contribution in [3.63, 3.8) is 0 Å². The molecule has 1 heterocycles. The summed E-state index contributed by atoms with van der Waals surface area (Å²) in [6.45, 7) is 0. The topological polar surface area (TPSA) is 71.4 Å². The first kappa shape index (κ1) is 15.9. The summed E-state index contributed by atoms with van der Waals surface area (Å²) in [5, 5.41) is 10.1. The Bertz CT molecular complexity index is 667. The third-order valence-corrected chi connectivity index (χ3v) is 4.70. The van der Waals surface area contributed by atoms with E-state index in [0.29, 0.717) is 23.1 Å². The first-order chi connectivity index (χ1) is 11.2. The van der Waals surface area contributed by atoms with Gasteiger partial charge in [0.25, 0.3) is 0 Å². The molecule has 1 aromatic rings. The van der Waals surface area contributed by atoms with Gasteiger partial charge >= 0.3 is 0 Å². The fourth-order valence-corrected chi connectivity index (χ4v) is 3.33. The van der Waals surface area contributed by atoms with E-state index in [1.54, 1.807) is 0 Å². The fourth-order valence-electron chi connectivity index (χ4n) is 3.20. The third-order valence-electron chi connectivity index (χ3n) is 4.45. The molecule has 0 saturated heterocycles. The predicted octanol–water partition coefficient (Wildman–Crippen LogP) is 4.27. The molecule has 2 aliphatic rings. The molecule has 0 amide bonds. The summed E-state index contributed by atoms with van der Waals surface area (Å²) in [6, 6.07) is 9.97. The van der Waals surface area contributed by atoms with Gasteiger partial charge < -0.3 is 10.5 Å². The molecule has 1 atom stereocenters. The summed E-state index contributed by atoms with van der Waals surface area (Å²) < 4.78 is 5.75. The van der Waals surface area contributed by atoms with Crippen molar-refractivity contribution in [2.45, 2.75) is 50.7 Å². The Morgan fingerprint density at radius 3 is 2.52 bits per heavy atom. The maximum Gasteiger partial charge on any atom is 0.204 e. The second-order valence-electron chi connectivity index (χ2n) is 6.08. The number of nitrogens with two attached hydrogens (primary N) is 1. The summed E-state index contributed by atoms with van der Waals surface area (Å²) in [5.74, 6) is 0.174. The van der Waals surface area contributed by atoms with Gasteiger partial charge in [-0.3, -0.25) is 4.99 Å². The van der Waals surface area contributed by atoms with Crippen molar-refractivity contribution in [1.82, 2.24) is 0 Å². The summed E-state index contributed by atoms with van der Waals surface area (Å²) >= 11 is 5.94. The molecule has 1 aliphatic heterocycles. The Labute approximate surface area is 141 Å². The second kappa shape index (κ2) is 7.06. The molecule has 0 spiro atoms. The Morgan fingerprint density at radius 1 is 1.17 bits per heavy atom. The van der Waals surface area contributed by atoms with Crippen molar-refractivity contribution in [1.29, 1.82) is 5.26 Å². The maximum absolute atomic E-state index is 9.39. The van der Waals surface area contributed by atoms with Crippen molar-refractivity contribution in [3.8, 4) is 6.07 Å². The van der Waals surface area contributed by atoms with E-state index in [0.717, 1.165) is 24.1 Å². The van der Waals surface area contributed by atoms with Crippen molar-refractivity contribution in [2.24, 2.45) is 10.7 Å². The number of hydrogen-bond acceptors (Lipinski definition) is 4. The number of ether oxygens (including phenoxy) is 1. The van der Waals surface area contributed by atoms with Crippen LogP contribution < -0.4 is 5.73 Å². The van der Waals surface area contributed by atoms with Gasteiger partial charge in [0.2, 0.25) is 5.88 Å². The van der Waals surface area contributed by atoms with Crippen LogP contribution in [-0.2, 0) is 4.74 Å². The lowest BCUT2D eigenvalue weighted by Crippen LogP contribution is -2.26. The second-order valence-corrected chi connectivity index (χ2v) is 6.52. The van der Waals surface area contributed by atoms with Crippen LogP contribution in [0.3, 0.4) is 0 Å². The van der Waals surface area contributed by atoms with Gasteiger partial charge in [0.1, 0.15) is 17.7 Å². The summed E-state index contributed by atoms with van der Waals surface area (Å²) in [7, 11) is 0. The van der Waals surface area contributed by atoms with Crippen LogP contribution in [0, 0.1) is 11.3 Å². The Hall–Kier alpha value is -1.99. The first-order valence-corrected chi connectivity index (χ1v) is 8.44. The highest BCUT2D eigenvalue weighted by molar-refractivity contribution is 6.30. The number of allylic oxidation sites excluding steroid dienone is 1. The Balaban J connectivity index is 1.87. The van der Waals surface area contributed by atoms with E-state index in [1.807, 2.05) is 24.3 Å². The van der Waals surface area contributed by atoms with Crippen LogP contribution in [0.25, 0.3) is 0 Å². The van der Waals surface area contributed by atoms with E-state index in [2.05, 4.69) is 6.07 Å². The van der Waals surface area contributed by atoms with E-state index >= 15 is 0 Å². The van der Waals surface area contributed by atoms with Crippen molar-refractivity contribution < 1.29 is 4.74 Å². The summed E-state index contributed by atoms with van der Waals surface area (Å²) in [4.78, 5) is 4.84. The largest absolute Gasteiger partial charge is 0.470 e. The molecule has 0 aromatic heterocycles. The van der Waals surface area contributed by atoms with Crippen LogP contribution in [0.5, 0.6) is 0 Å². The highest BCUT2D eigenvalue weighted by Gasteiger charge is 2.28. The van der Waals surface area contributed by atoms with E-state index in [4.69, 9.17) is 27.1 Å². The fraction of sp³-hybridized carbons (Fsp3) is 0.444. The normalized spacial score (nSPS) is 24.3. The number of nitrogens with zero attached hydrogens (tertiary/aromatic N) is 2. The number of hydrogen-bond donors (Lipinski definition) is 1. The van der Waals surface area contributed by atoms with Crippen LogP contribution in [0.4, 0.5) is 0 Å². The van der Waals surface area contributed by atoms with Crippen LogP contribution in [0.1, 0.15) is 50.2 Å². The molecule has 120 valence electrons. The number of halogens is 1. The highest BCUT2D eigenvalue weighted by atomic mass is 35.5. The van der Waals surface area contributed by atoms with E-state index < -0.39 is 0 Å². The molecule has 1 aromatic carbocycles. The van der Waals surface area contributed by atoms with Gasteiger partial charge in [0.15, 0.2) is 0 Å². The van der Waals surface area contributed by atoms with Crippen LogP contribution >= 0.6 is 11.6 Å². The molecule has 5 heteroatoms. The molecular formula is C18H20ClN3O. The van der Waals surface area contributed by atoms with E-state index in [1.165, 1.54) is 19.3 Å². The highest BCUT2D eigenvalue weighted by Crippen LogP contribution is 2.32. The number of nitriles is 1. The van der Waals surface area contributed by atoms with Gasteiger partial charge in [0, 0.05) is 11.4 Å². The monoisotopic (exact) mass is 329 g/mol. The molecule has 1 unspecified atom stereocenters. The Kier molecular flexibility index (Phi) is 4.88. The minimum atomic E-state index is -0.216. The average molecular weight is 330 g/mol. The number of aliphatic imine (C=N–C) groups is 1. The van der Waals surface area contributed by atoms with Crippen molar-refractivity contribution >= 4 is 17.3 Å². The molecule has 0 radical (unpaired) electrons. The summed E-state index contributed by atoms with van der Waals surface area (Å²) in [6.07, 6.45) is 6.23. The standard InChI is InChI=1S/C18H20ClN3O/c19-13-8-6-12(7-9-13)17-10-16(15(11-20)18(21)23-17)22-14-4-2-1-3-5-14/h6-9,14,17H,1-5,10,21H2. The number of benzene rings is 1. The van der Waals surface area contributed by atoms with Gasteiger partial charge in [-0.15, -0.1) is 0 Å². The zero-order valence-electron chi connectivity index (χ0n) is 13.0. The van der Waals surface area contributed by atoms with E-state index in [-0.39, 0.29) is 12.0 Å². The molecule has 0 bridgehead atoms. The zero-order chi connectivity index (χ0) is 16.2. The quantitative estimate of drug-likeness (QED) is 0.880. The first-order valence-electron chi connectivity index (χ1n) is 8.06. The van der Waals surface area contributed by atoms with Gasteiger partial charge in [-0.05, 0) is 30.5 Å².